The van der Waals surface area contributed by atoms with E-state index in [4.69, 9.17) is 5.73 Å². The van der Waals surface area contributed by atoms with Crippen molar-refractivity contribution in [2.45, 2.75) is 26.4 Å². The number of carbonyl (C=O) groups excluding carboxylic acids is 1. The predicted molar refractivity (Wildman–Crippen MR) is 49.9 cm³/mol. The molecule has 0 radical (unpaired) electrons. The molecule has 0 aliphatic heterocycles. The van der Waals surface area contributed by atoms with E-state index in [0.717, 1.165) is 0 Å². The Morgan fingerprint density at radius 1 is 1.62 bits per heavy atom. The Bertz CT molecular complexity index is 226. The molecule has 1 heterocycles. The van der Waals surface area contributed by atoms with Crippen molar-refractivity contribution in [2.75, 3.05) is 5.73 Å². The van der Waals surface area contributed by atoms with Crippen LogP contribution in [0.5, 0.6) is 0 Å². The van der Waals surface area contributed by atoms with Crippen LogP contribution in [0, 0.1) is 0 Å². The Balaban J connectivity index is 0.000000223. The number of nitrogens with two attached hydrogens (primary N) is 1. The first-order valence-corrected chi connectivity index (χ1v) is 3.81. The van der Waals surface area contributed by atoms with Gasteiger partial charge in [-0.05, 0) is 20.8 Å². The average molecular weight is 185 g/mol. The summed E-state index contributed by atoms with van der Waals surface area (Å²) in [6.45, 7) is 5.92. The number of hydrogen-bond acceptors (Lipinski definition) is 4. The van der Waals surface area contributed by atoms with Crippen LogP contribution in [-0.4, -0.2) is 22.3 Å². The van der Waals surface area contributed by atoms with Gasteiger partial charge in [-0.15, -0.1) is 0 Å². The summed E-state index contributed by atoms with van der Waals surface area (Å²) in [6, 6.07) is 0. The predicted octanol–water partition coefficient (Wildman–Crippen LogP) is 0.950. The van der Waals surface area contributed by atoms with Crippen LogP contribution in [0.2, 0.25) is 0 Å². The zero-order valence-electron chi connectivity index (χ0n) is 8.07. The first-order chi connectivity index (χ1) is 5.95. The van der Waals surface area contributed by atoms with E-state index in [1.165, 1.54) is 0 Å². The van der Waals surface area contributed by atoms with E-state index in [9.17, 15) is 4.79 Å². The Kier molecular flexibility index (Phi) is 4.58. The molecule has 1 rings (SSSR count). The van der Waals surface area contributed by atoms with E-state index < -0.39 is 0 Å². The molecule has 0 fully saturated rings. The number of aromatic nitrogens is 2. The lowest BCUT2D eigenvalue weighted by atomic mass is 10.2. The van der Waals surface area contributed by atoms with Gasteiger partial charge >= 0.3 is 0 Å². The average Bonchev–Trinajstić information content (AvgIpc) is 2.38. The number of nitrogen functional groups attached to an aromatic ring is 1. The van der Waals surface area contributed by atoms with E-state index in [2.05, 4.69) is 14.9 Å². The standard InChI is InChI=1S/C5H10O2.C3H5N3/c1-5(2,3)7-4-6;4-3-1-5-6-2-3/h4H,1-3H3;1-2H,4H2,(H,5,6). The van der Waals surface area contributed by atoms with Gasteiger partial charge in [0.05, 0.1) is 11.9 Å². The van der Waals surface area contributed by atoms with Gasteiger partial charge in [0.25, 0.3) is 6.47 Å². The highest BCUT2D eigenvalue weighted by Crippen LogP contribution is 2.02. The van der Waals surface area contributed by atoms with Crippen LogP contribution in [0.1, 0.15) is 20.8 Å². The highest BCUT2D eigenvalue weighted by molar-refractivity contribution is 5.37. The molecule has 13 heavy (non-hydrogen) atoms. The van der Waals surface area contributed by atoms with Crippen LogP contribution in [0.3, 0.4) is 0 Å². The summed E-state index contributed by atoms with van der Waals surface area (Å²) >= 11 is 0. The number of nitrogens with zero attached hydrogens (tertiary/aromatic N) is 1. The van der Waals surface area contributed by atoms with Crippen LogP contribution >= 0.6 is 0 Å². The maximum atomic E-state index is 9.60. The molecule has 5 heteroatoms. The molecular formula is C8H15N3O2. The maximum absolute atomic E-state index is 9.60. The lowest BCUT2D eigenvalue weighted by Gasteiger charge is -2.14. The highest BCUT2D eigenvalue weighted by Gasteiger charge is 2.07. The lowest BCUT2D eigenvalue weighted by molar-refractivity contribution is -0.138. The molecule has 0 saturated heterocycles. The van der Waals surface area contributed by atoms with Gasteiger partial charge in [0, 0.05) is 6.20 Å². The number of aromatic amines is 1. The smallest absolute Gasteiger partial charge is 0.293 e. The SMILES string of the molecule is CC(C)(C)OC=O.Nc1cn[nH]c1. The van der Waals surface area contributed by atoms with E-state index in [-0.39, 0.29) is 5.60 Å². The van der Waals surface area contributed by atoms with Gasteiger partial charge in [-0.3, -0.25) is 9.89 Å². The number of carbonyl (C=O) groups is 1. The van der Waals surface area contributed by atoms with Crippen molar-refractivity contribution in [1.29, 1.82) is 0 Å². The molecule has 0 amide bonds. The second kappa shape index (κ2) is 5.18. The largest absolute Gasteiger partial charge is 0.462 e. The summed E-state index contributed by atoms with van der Waals surface area (Å²) < 4.78 is 4.55. The van der Waals surface area contributed by atoms with Crippen molar-refractivity contribution >= 4 is 12.2 Å². The Morgan fingerprint density at radius 3 is 2.31 bits per heavy atom. The summed E-state index contributed by atoms with van der Waals surface area (Å²) in [5.41, 5.74) is 5.54. The third-order valence-corrected chi connectivity index (χ3v) is 0.921. The van der Waals surface area contributed by atoms with Gasteiger partial charge in [0.1, 0.15) is 5.60 Å². The summed E-state index contributed by atoms with van der Waals surface area (Å²) in [6.07, 6.45) is 3.18. The minimum Gasteiger partial charge on any atom is -0.462 e. The number of H-pyrrole nitrogens is 1. The molecule has 0 aliphatic carbocycles. The molecule has 0 bridgehead atoms. The molecule has 0 aliphatic rings. The maximum Gasteiger partial charge on any atom is 0.293 e. The molecule has 0 saturated carbocycles. The first kappa shape index (κ1) is 11.5. The monoisotopic (exact) mass is 185 g/mol. The van der Waals surface area contributed by atoms with E-state index in [1.807, 2.05) is 20.8 Å². The Hall–Kier alpha value is -1.52. The Morgan fingerprint density at radius 2 is 2.23 bits per heavy atom. The third-order valence-electron chi connectivity index (χ3n) is 0.921. The minimum atomic E-state index is -0.318. The van der Waals surface area contributed by atoms with Gasteiger partial charge in [0.2, 0.25) is 0 Å². The van der Waals surface area contributed by atoms with Crippen molar-refractivity contribution < 1.29 is 9.53 Å². The summed E-state index contributed by atoms with van der Waals surface area (Å²) in [5.74, 6) is 0. The topological polar surface area (TPSA) is 81.0 Å². The second-order valence-electron chi connectivity index (χ2n) is 3.36. The molecule has 0 unspecified atom stereocenters. The first-order valence-electron chi connectivity index (χ1n) is 3.81. The van der Waals surface area contributed by atoms with Crippen molar-refractivity contribution in [1.82, 2.24) is 10.2 Å². The Labute approximate surface area is 77.3 Å². The van der Waals surface area contributed by atoms with Crippen molar-refractivity contribution in [3.05, 3.63) is 12.4 Å². The molecule has 1 aromatic rings. The molecule has 0 spiro atoms. The molecule has 74 valence electrons. The van der Waals surface area contributed by atoms with Gasteiger partial charge in [-0.1, -0.05) is 0 Å². The number of hydrogen-bond donors (Lipinski definition) is 2. The minimum absolute atomic E-state index is 0.318. The van der Waals surface area contributed by atoms with Crippen molar-refractivity contribution in [3.63, 3.8) is 0 Å². The fourth-order valence-corrected chi connectivity index (χ4v) is 0.405. The normalized spacial score (nSPS) is 9.77. The van der Waals surface area contributed by atoms with Gasteiger partial charge in [0.15, 0.2) is 0 Å². The summed E-state index contributed by atoms with van der Waals surface area (Å²) in [4.78, 5) is 9.60. The second-order valence-corrected chi connectivity index (χ2v) is 3.36. The highest BCUT2D eigenvalue weighted by atomic mass is 16.5. The number of ether oxygens (including phenoxy) is 1. The van der Waals surface area contributed by atoms with E-state index in [0.29, 0.717) is 12.2 Å². The molecule has 0 atom stereocenters. The van der Waals surface area contributed by atoms with Crippen LogP contribution < -0.4 is 5.73 Å². The molecule has 1 aromatic heterocycles. The van der Waals surface area contributed by atoms with Crippen molar-refractivity contribution in [3.8, 4) is 0 Å². The fraction of sp³-hybridized carbons (Fsp3) is 0.500. The van der Waals surface area contributed by atoms with E-state index in [1.54, 1.807) is 12.4 Å². The molecule has 3 N–H and O–H groups in total. The van der Waals surface area contributed by atoms with Crippen LogP contribution in [0.25, 0.3) is 0 Å². The van der Waals surface area contributed by atoms with Gasteiger partial charge in [-0.25, -0.2) is 0 Å². The van der Waals surface area contributed by atoms with Crippen molar-refractivity contribution in [2.24, 2.45) is 0 Å². The zero-order valence-corrected chi connectivity index (χ0v) is 8.07. The quantitative estimate of drug-likeness (QED) is 0.638. The summed E-state index contributed by atoms with van der Waals surface area (Å²) in [5, 5.41) is 6.13. The number of nitrogens with one attached hydrogen (secondary N) is 1. The van der Waals surface area contributed by atoms with Gasteiger partial charge < -0.3 is 10.5 Å². The summed E-state index contributed by atoms with van der Waals surface area (Å²) in [7, 11) is 0. The van der Waals surface area contributed by atoms with Crippen LogP contribution in [-0.2, 0) is 9.53 Å². The number of rotatable bonds is 1. The fourth-order valence-electron chi connectivity index (χ4n) is 0.405. The van der Waals surface area contributed by atoms with Crippen LogP contribution in [0.4, 0.5) is 5.69 Å². The van der Waals surface area contributed by atoms with E-state index >= 15 is 0 Å². The van der Waals surface area contributed by atoms with Crippen LogP contribution in [0.15, 0.2) is 12.4 Å². The molecular weight excluding hydrogens is 170 g/mol. The van der Waals surface area contributed by atoms with Gasteiger partial charge in [-0.2, -0.15) is 5.10 Å². The lowest BCUT2D eigenvalue weighted by Crippen LogP contribution is -2.17. The zero-order chi connectivity index (χ0) is 10.3. The number of anilines is 1. The third kappa shape index (κ3) is 8.39. The molecule has 0 aromatic carbocycles. The molecule has 5 nitrogen and oxygen atoms in total.